The fraction of sp³-hybridized carbons (Fsp3) is 0.886. The van der Waals surface area contributed by atoms with Gasteiger partial charge in [-0.25, -0.2) is 0 Å². The topological polar surface area (TPSA) is 336 Å². The number of rotatable bonds is 70. The van der Waals surface area contributed by atoms with E-state index in [1.807, 2.05) is 0 Å². The van der Waals surface area contributed by atoms with E-state index in [2.05, 4.69) is 68.0 Å². The molecule has 0 aliphatic carbocycles. The molecule has 0 saturated heterocycles. The van der Waals surface area contributed by atoms with Gasteiger partial charge in [0.1, 0.15) is 18.3 Å². The first kappa shape index (κ1) is 102. The van der Waals surface area contributed by atoms with E-state index in [1.165, 1.54) is 51.4 Å². The number of hydrogen-bond donors (Lipinski definition) is 6. The molecule has 0 aromatic carbocycles. The van der Waals surface area contributed by atoms with Gasteiger partial charge in [0.05, 0.1) is 76.8 Å². The van der Waals surface area contributed by atoms with Crippen LogP contribution in [0, 0.1) is 0 Å². The molecule has 0 aromatic heterocycles. The van der Waals surface area contributed by atoms with Crippen LogP contribution in [-0.2, 0) is 70.2 Å². The Bertz CT molecular complexity index is 2040. The normalized spacial score (nSPS) is 14.1. The summed E-state index contributed by atoms with van der Waals surface area (Å²) in [6.45, 7) is 7.58. The van der Waals surface area contributed by atoms with Crippen LogP contribution in [0.1, 0.15) is 305 Å². The van der Waals surface area contributed by atoms with Gasteiger partial charge in [-0.15, -0.1) is 0 Å². The monoisotopic (exact) mass is 1440 g/mol. The summed E-state index contributed by atoms with van der Waals surface area (Å²) >= 11 is 0. The Morgan fingerprint density at radius 2 is 0.804 bits per heavy atom. The van der Waals surface area contributed by atoms with Crippen LogP contribution in [0.5, 0.6) is 0 Å². The van der Waals surface area contributed by atoms with Gasteiger partial charge in [0.25, 0.3) is 15.6 Å². The number of hydrogen-bond acceptors (Lipinski definition) is 19. The molecule has 4 amide bonds. The van der Waals surface area contributed by atoms with Gasteiger partial charge in [-0.05, 0) is 70.6 Å². The van der Waals surface area contributed by atoms with Crippen molar-refractivity contribution in [2.24, 2.45) is 0 Å². The maximum absolute atomic E-state index is 13.6. The molecule has 0 aliphatic heterocycles. The number of amides is 4. The van der Waals surface area contributed by atoms with Crippen molar-refractivity contribution in [1.82, 2.24) is 21.3 Å². The summed E-state index contributed by atoms with van der Waals surface area (Å²) in [5.41, 5.74) is 0. The number of allylic oxidation sites excluding steroid dienone is 2. The molecule has 0 saturated carbocycles. The van der Waals surface area contributed by atoms with Crippen molar-refractivity contribution < 1.29 is 149 Å². The van der Waals surface area contributed by atoms with Crippen molar-refractivity contribution in [3.8, 4) is 0 Å². The van der Waals surface area contributed by atoms with Crippen molar-refractivity contribution in [1.29, 1.82) is 0 Å². The van der Waals surface area contributed by atoms with Gasteiger partial charge in [0, 0.05) is 39.1 Å². The van der Waals surface area contributed by atoms with Crippen LogP contribution in [0.4, 0.5) is 0 Å². The average molecular weight is 1440 g/mol. The minimum atomic E-state index is -5.05. The molecule has 0 fully saturated rings. The molecule has 0 heterocycles. The van der Waals surface area contributed by atoms with E-state index >= 15 is 0 Å². The van der Waals surface area contributed by atoms with Crippen molar-refractivity contribution >= 4 is 51.0 Å². The summed E-state index contributed by atoms with van der Waals surface area (Å²) in [7, 11) is -10.1. The number of aliphatic hydroxyl groups is 2. The molecular weight excluding hydrogens is 1310 g/mol. The Hall–Kier alpha value is -1.18. The number of phosphoric acid groups is 2. The summed E-state index contributed by atoms with van der Waals surface area (Å²) < 4.78 is 63.1. The largest absolute Gasteiger partial charge is 1.00 e. The number of phosphoric ester groups is 2. The molecule has 6 N–H and O–H groups in total. The second kappa shape index (κ2) is 71.8. The molecule has 23 nitrogen and oxygen atoms in total. The molecular formula is C70H134N4Na2O19P2. The molecule has 0 rings (SSSR count). The van der Waals surface area contributed by atoms with Gasteiger partial charge in [0.15, 0.2) is 0 Å². The van der Waals surface area contributed by atoms with Gasteiger partial charge in [0.2, 0.25) is 23.6 Å². The van der Waals surface area contributed by atoms with E-state index in [0.717, 1.165) is 135 Å². The number of aliphatic hydroxyl groups excluding tert-OH is 2. The minimum absolute atomic E-state index is 0. The van der Waals surface area contributed by atoms with E-state index in [9.17, 15) is 57.9 Å². The van der Waals surface area contributed by atoms with E-state index in [4.69, 9.17) is 32.3 Å². The number of ether oxygens (including phenoxy) is 3. The number of unbranched alkanes of at least 4 members (excludes halogenated alkanes) is 25. The molecule has 4 unspecified atom stereocenters. The first-order valence-electron chi connectivity index (χ1n) is 36.5. The van der Waals surface area contributed by atoms with E-state index in [1.54, 1.807) is 0 Å². The molecule has 0 bridgehead atoms. The molecule has 7 atom stereocenters. The Morgan fingerprint density at radius 1 is 0.423 bits per heavy atom. The smallest absolute Gasteiger partial charge is 0.756 e. The summed E-state index contributed by atoms with van der Waals surface area (Å²) in [6.07, 6.45) is 36.0. The summed E-state index contributed by atoms with van der Waals surface area (Å²) in [4.78, 5) is 103. The number of esters is 1. The third-order valence-electron chi connectivity index (χ3n) is 15.8. The second-order valence-corrected chi connectivity index (χ2v) is 27.8. The average Bonchev–Trinajstić information content (AvgIpc) is 1.25. The van der Waals surface area contributed by atoms with Crippen molar-refractivity contribution in [2.45, 2.75) is 336 Å². The molecule has 0 aromatic rings. The zero-order chi connectivity index (χ0) is 69.6. The predicted molar refractivity (Wildman–Crippen MR) is 371 cm³/mol. The number of carbonyl (C=O) groups excluding carboxylic acids is 6. The van der Waals surface area contributed by atoms with Gasteiger partial charge in [-0.1, -0.05) is 215 Å². The Kier molecular flexibility index (Phi) is 75.6. The van der Waals surface area contributed by atoms with Crippen molar-refractivity contribution in [3.05, 3.63) is 12.2 Å². The summed E-state index contributed by atoms with van der Waals surface area (Å²) in [5, 5.41) is 31.0. The third-order valence-corrected chi connectivity index (χ3v) is 17.7. The van der Waals surface area contributed by atoms with E-state index in [-0.39, 0.29) is 131 Å². The Labute approximate surface area is 630 Å². The van der Waals surface area contributed by atoms with E-state index < -0.39 is 115 Å². The Balaban J connectivity index is -0.0000144. The standard InChI is InChI=1S/C69H132N4O19P2.CH4.2Na/c1-6-11-16-21-23-25-27-32-36-41-63(76)52-67(79)72-59(55-86-48-44-61(74)39-34-29-18-13-8-3)57-90-93(82,83)88-50-46-70-65(77)54-66(78)71-47-51-89-94(84,85)91-58-60(56-87-49-45-62(75)40-35-30-19-14-9-4)73-68(80)53-64(42-37-31-20-15-10-5)92-69(81)43-38-33-28-26-24-22-17-12-7-2;;;/h26,28,59-62,64,74-75H,6-25,27,29-58H2,1-5H3,(H,70,77)(H,71,78)(H,72,79)(H,73,80)(H,82,83)(H,84,85);1H4;;/q;;2*+1/p-2/b28-26-;;;/t59?,60?,61-,62-,64-;;;/m1.../s1. The number of carbonyl (C=O) groups is 6. The zero-order valence-electron chi connectivity index (χ0n) is 60.8. The van der Waals surface area contributed by atoms with Crippen LogP contribution in [0.25, 0.3) is 0 Å². The van der Waals surface area contributed by atoms with E-state index in [0.29, 0.717) is 44.9 Å². The van der Waals surface area contributed by atoms with Crippen LogP contribution in [0.2, 0.25) is 0 Å². The predicted octanol–water partition coefficient (Wildman–Crippen LogP) is 6.72. The van der Waals surface area contributed by atoms with Crippen LogP contribution >= 0.6 is 15.6 Å². The first-order chi connectivity index (χ1) is 45.3. The minimum Gasteiger partial charge on any atom is -0.756 e. The van der Waals surface area contributed by atoms with Gasteiger partial charge in [-0.2, -0.15) is 0 Å². The van der Waals surface area contributed by atoms with Gasteiger partial charge >= 0.3 is 65.1 Å². The molecule has 27 heteroatoms. The fourth-order valence-corrected chi connectivity index (χ4v) is 11.7. The SMILES string of the molecule is C.CCCCCC/C=C\CCCC(=O)O[C@H](CCCCCCC)CC(=O)NC(COCC[C@H](O)CCCCCCC)COP(=O)([O-])OCCNC(=O)CC(=O)NCCOP(=O)([O-])OCC(COCC[C@H](O)CCCCCCC)NC(=O)CC(=O)CCCCCCCCCCC.[Na+].[Na+]. The Morgan fingerprint density at radius 3 is 1.25 bits per heavy atom. The maximum Gasteiger partial charge on any atom is 1.00 e. The number of ketones is 1. The van der Waals surface area contributed by atoms with Crippen LogP contribution < -0.4 is 90.2 Å². The molecule has 0 aliphatic rings. The summed E-state index contributed by atoms with van der Waals surface area (Å²) in [6, 6.07) is -2.00. The van der Waals surface area contributed by atoms with Crippen LogP contribution in [0.15, 0.2) is 12.2 Å². The molecule has 0 radical (unpaired) electrons. The van der Waals surface area contributed by atoms with Crippen molar-refractivity contribution in [2.75, 3.05) is 65.9 Å². The first-order valence-corrected chi connectivity index (χ1v) is 39.4. The quantitative estimate of drug-likeness (QED) is 0.00918. The maximum atomic E-state index is 13.6. The third kappa shape index (κ3) is 70.3. The fourth-order valence-electron chi connectivity index (χ4n) is 10.2. The zero-order valence-corrected chi connectivity index (χ0v) is 66.6. The summed E-state index contributed by atoms with van der Waals surface area (Å²) in [5.74, 6) is -3.39. The molecule has 0 spiro atoms. The van der Waals surface area contributed by atoms with Crippen LogP contribution in [-0.4, -0.2) is 142 Å². The van der Waals surface area contributed by atoms with Crippen molar-refractivity contribution in [3.63, 3.8) is 0 Å². The molecule has 560 valence electrons. The number of Topliss-reactive ketones (excluding diaryl/α,β-unsaturated/α-hetero) is 1. The second-order valence-electron chi connectivity index (χ2n) is 25.0. The molecule has 97 heavy (non-hydrogen) atoms. The van der Waals surface area contributed by atoms with Crippen LogP contribution in [0.3, 0.4) is 0 Å². The van der Waals surface area contributed by atoms with Gasteiger partial charge in [-0.3, -0.25) is 37.9 Å². The van der Waals surface area contributed by atoms with Gasteiger partial charge < -0.3 is 73.6 Å². The number of nitrogens with one attached hydrogen (secondary N) is 4.